The summed E-state index contributed by atoms with van der Waals surface area (Å²) < 4.78 is 24.0. The Labute approximate surface area is 96.0 Å². The van der Waals surface area contributed by atoms with Crippen LogP contribution in [0.1, 0.15) is 26.7 Å². The van der Waals surface area contributed by atoms with Crippen molar-refractivity contribution in [2.75, 3.05) is 12.8 Å². The first-order valence-electron chi connectivity index (χ1n) is 5.24. The van der Waals surface area contributed by atoms with Crippen molar-refractivity contribution < 1.29 is 18.0 Å². The number of hydrogen-bond donors (Lipinski definition) is 1. The maximum absolute atomic E-state index is 11.7. The van der Waals surface area contributed by atoms with E-state index in [0.717, 1.165) is 6.26 Å². The van der Waals surface area contributed by atoms with Gasteiger partial charge in [-0.25, -0.2) is 13.9 Å². The van der Waals surface area contributed by atoms with Crippen LogP contribution in [0.2, 0.25) is 0 Å². The molecular weight excluding hydrogens is 232 g/mol. The lowest BCUT2D eigenvalue weighted by atomic mass is 10.2. The molecule has 1 amide bonds. The third kappa shape index (κ3) is 3.43. The molecular formula is C9H18N2O4S. The van der Waals surface area contributed by atoms with Crippen molar-refractivity contribution in [2.24, 2.45) is 0 Å². The molecule has 0 aromatic carbocycles. The van der Waals surface area contributed by atoms with E-state index in [2.05, 4.69) is 5.48 Å². The van der Waals surface area contributed by atoms with Gasteiger partial charge in [-0.15, -0.1) is 0 Å². The summed E-state index contributed by atoms with van der Waals surface area (Å²) in [6, 6.07) is -0.631. The van der Waals surface area contributed by atoms with Crippen LogP contribution in [0.25, 0.3) is 0 Å². The number of carbonyl (C=O) groups is 1. The van der Waals surface area contributed by atoms with Crippen molar-refractivity contribution in [1.82, 2.24) is 9.79 Å². The van der Waals surface area contributed by atoms with Crippen molar-refractivity contribution in [3.63, 3.8) is 0 Å². The summed E-state index contributed by atoms with van der Waals surface area (Å²) in [5, 5.41) is 0. The predicted molar refractivity (Wildman–Crippen MR) is 58.9 cm³/mol. The van der Waals surface area contributed by atoms with Gasteiger partial charge in [0.05, 0.1) is 12.4 Å². The van der Waals surface area contributed by atoms with E-state index < -0.39 is 22.0 Å². The van der Waals surface area contributed by atoms with Gasteiger partial charge in [0.15, 0.2) is 0 Å². The summed E-state index contributed by atoms with van der Waals surface area (Å²) in [4.78, 5) is 16.6. The van der Waals surface area contributed by atoms with Crippen LogP contribution in [0.4, 0.5) is 0 Å². The van der Waals surface area contributed by atoms with Gasteiger partial charge in [0.2, 0.25) is 10.0 Å². The van der Waals surface area contributed by atoms with Crippen molar-refractivity contribution >= 4 is 15.9 Å². The topological polar surface area (TPSA) is 75.7 Å². The zero-order chi connectivity index (χ0) is 12.3. The molecule has 0 aromatic rings. The van der Waals surface area contributed by atoms with E-state index in [1.165, 1.54) is 4.31 Å². The normalized spacial score (nSPS) is 22.6. The third-order valence-corrected chi connectivity index (χ3v) is 3.62. The van der Waals surface area contributed by atoms with Crippen LogP contribution in [0.5, 0.6) is 0 Å². The van der Waals surface area contributed by atoms with Gasteiger partial charge in [-0.3, -0.25) is 9.63 Å². The van der Waals surface area contributed by atoms with Crippen molar-refractivity contribution in [3.05, 3.63) is 0 Å². The Morgan fingerprint density at radius 3 is 2.62 bits per heavy atom. The van der Waals surface area contributed by atoms with Crippen LogP contribution >= 0.6 is 0 Å². The number of carbonyl (C=O) groups excluding carboxylic acids is 1. The predicted octanol–water partition coefficient (Wildman–Crippen LogP) is -0.133. The lowest BCUT2D eigenvalue weighted by molar-refractivity contribution is -0.140. The minimum atomic E-state index is -3.32. The van der Waals surface area contributed by atoms with Crippen molar-refractivity contribution in [1.29, 1.82) is 0 Å². The van der Waals surface area contributed by atoms with Crippen LogP contribution in [0, 0.1) is 0 Å². The molecule has 7 heteroatoms. The van der Waals surface area contributed by atoms with Crippen LogP contribution in [-0.2, 0) is 19.7 Å². The monoisotopic (exact) mass is 250 g/mol. The summed E-state index contributed by atoms with van der Waals surface area (Å²) in [7, 11) is -3.32. The summed E-state index contributed by atoms with van der Waals surface area (Å²) in [5.41, 5.74) is 2.28. The zero-order valence-corrected chi connectivity index (χ0v) is 10.6. The first-order chi connectivity index (χ1) is 7.32. The highest BCUT2D eigenvalue weighted by atomic mass is 32.2. The molecule has 0 aliphatic carbocycles. The molecule has 0 bridgehead atoms. The number of sulfonamides is 1. The highest BCUT2D eigenvalue weighted by Crippen LogP contribution is 2.20. The second-order valence-electron chi connectivity index (χ2n) is 4.16. The van der Waals surface area contributed by atoms with Gasteiger partial charge in [0.25, 0.3) is 5.91 Å². The van der Waals surface area contributed by atoms with Crippen molar-refractivity contribution in [3.8, 4) is 0 Å². The zero-order valence-electron chi connectivity index (χ0n) is 9.76. The molecule has 1 N–H and O–H groups in total. The summed E-state index contributed by atoms with van der Waals surface area (Å²) in [6.07, 6.45) is 2.23. The van der Waals surface area contributed by atoms with E-state index in [1.54, 1.807) is 13.8 Å². The second-order valence-corrected chi connectivity index (χ2v) is 6.10. The van der Waals surface area contributed by atoms with Gasteiger partial charge in [0, 0.05) is 6.54 Å². The highest BCUT2D eigenvalue weighted by molar-refractivity contribution is 7.88. The molecule has 1 aliphatic rings. The number of amides is 1. The number of hydroxylamine groups is 1. The lowest BCUT2D eigenvalue weighted by Crippen LogP contribution is -2.46. The number of nitrogens with one attached hydrogen (secondary N) is 1. The van der Waals surface area contributed by atoms with Gasteiger partial charge >= 0.3 is 0 Å². The molecule has 16 heavy (non-hydrogen) atoms. The van der Waals surface area contributed by atoms with E-state index in [9.17, 15) is 13.2 Å². The fourth-order valence-corrected chi connectivity index (χ4v) is 2.77. The molecule has 0 saturated carbocycles. The van der Waals surface area contributed by atoms with E-state index in [4.69, 9.17) is 4.84 Å². The minimum Gasteiger partial charge on any atom is -0.271 e. The van der Waals surface area contributed by atoms with Gasteiger partial charge in [-0.05, 0) is 26.7 Å². The fourth-order valence-electron chi connectivity index (χ4n) is 1.64. The summed E-state index contributed by atoms with van der Waals surface area (Å²) in [6.45, 7) is 3.96. The maximum Gasteiger partial charge on any atom is 0.261 e. The van der Waals surface area contributed by atoms with Gasteiger partial charge in [0.1, 0.15) is 6.04 Å². The quantitative estimate of drug-likeness (QED) is 0.705. The summed E-state index contributed by atoms with van der Waals surface area (Å²) >= 11 is 0. The smallest absolute Gasteiger partial charge is 0.261 e. The maximum atomic E-state index is 11.7. The molecule has 1 saturated heterocycles. The molecule has 1 rings (SSSR count). The van der Waals surface area contributed by atoms with E-state index in [-0.39, 0.29) is 6.10 Å². The van der Waals surface area contributed by atoms with Gasteiger partial charge < -0.3 is 0 Å². The second kappa shape index (κ2) is 5.11. The fraction of sp³-hybridized carbons (Fsp3) is 0.889. The average molecular weight is 250 g/mol. The summed E-state index contributed by atoms with van der Waals surface area (Å²) in [5.74, 6) is -0.392. The van der Waals surface area contributed by atoms with Crippen LogP contribution in [0.3, 0.4) is 0 Å². The Hall–Kier alpha value is -0.660. The molecule has 1 atom stereocenters. The standard InChI is InChI=1S/C9H18N2O4S/c1-7(2)15-10-9(12)8-5-4-6-11(8)16(3,13)14/h7-8H,4-6H2,1-3H3,(H,10,12). The SMILES string of the molecule is CC(C)ONC(=O)C1CCCN1S(C)(=O)=O. The lowest BCUT2D eigenvalue weighted by Gasteiger charge is -2.21. The van der Waals surface area contributed by atoms with E-state index in [1.807, 2.05) is 0 Å². The molecule has 1 fully saturated rings. The highest BCUT2D eigenvalue weighted by Gasteiger charge is 2.36. The molecule has 0 aromatic heterocycles. The molecule has 6 nitrogen and oxygen atoms in total. The molecule has 0 spiro atoms. The molecule has 1 heterocycles. The first-order valence-corrected chi connectivity index (χ1v) is 7.09. The average Bonchev–Trinajstić information content (AvgIpc) is 2.61. The van der Waals surface area contributed by atoms with Crippen LogP contribution in [-0.4, -0.2) is 43.6 Å². The molecule has 94 valence electrons. The number of rotatable bonds is 4. The van der Waals surface area contributed by atoms with Crippen LogP contribution in [0.15, 0.2) is 0 Å². The minimum absolute atomic E-state index is 0.128. The number of hydrogen-bond acceptors (Lipinski definition) is 4. The first kappa shape index (κ1) is 13.4. The molecule has 0 radical (unpaired) electrons. The Bertz CT molecular complexity index is 353. The third-order valence-electron chi connectivity index (χ3n) is 2.33. The van der Waals surface area contributed by atoms with Crippen molar-refractivity contribution in [2.45, 2.75) is 38.8 Å². The van der Waals surface area contributed by atoms with E-state index >= 15 is 0 Å². The Morgan fingerprint density at radius 2 is 2.12 bits per heavy atom. The van der Waals surface area contributed by atoms with Gasteiger partial charge in [-0.1, -0.05) is 0 Å². The van der Waals surface area contributed by atoms with Crippen LogP contribution < -0.4 is 5.48 Å². The molecule has 1 aliphatic heterocycles. The van der Waals surface area contributed by atoms with E-state index in [0.29, 0.717) is 19.4 Å². The van der Waals surface area contributed by atoms with Gasteiger partial charge in [-0.2, -0.15) is 4.31 Å². The number of nitrogens with zero attached hydrogens (tertiary/aromatic N) is 1. The Kier molecular flexibility index (Phi) is 4.28. The Balaban J connectivity index is 2.62. The molecule has 1 unspecified atom stereocenters. The Morgan fingerprint density at radius 1 is 1.50 bits per heavy atom. The largest absolute Gasteiger partial charge is 0.271 e.